The van der Waals surface area contributed by atoms with Gasteiger partial charge < -0.3 is 19.6 Å². The fourth-order valence-electron chi connectivity index (χ4n) is 4.33. The highest BCUT2D eigenvalue weighted by molar-refractivity contribution is 7.99. The molecule has 0 amide bonds. The molecule has 1 heterocycles. The number of nitro benzene ring substituents is 1. The highest BCUT2D eigenvalue weighted by atomic mass is 32.2. The van der Waals surface area contributed by atoms with E-state index in [0.717, 1.165) is 11.8 Å². The van der Waals surface area contributed by atoms with Crippen LogP contribution in [0.2, 0.25) is 0 Å². The first-order chi connectivity index (χ1) is 18.3. The Morgan fingerprint density at radius 1 is 1.05 bits per heavy atom. The van der Waals surface area contributed by atoms with Crippen molar-refractivity contribution in [2.75, 3.05) is 19.0 Å². The normalized spacial score (nSPS) is 15.9. The van der Waals surface area contributed by atoms with Gasteiger partial charge in [0.05, 0.1) is 35.2 Å². The van der Waals surface area contributed by atoms with E-state index in [2.05, 4.69) is 5.32 Å². The van der Waals surface area contributed by atoms with Gasteiger partial charge in [0.15, 0.2) is 0 Å². The van der Waals surface area contributed by atoms with Gasteiger partial charge in [0.1, 0.15) is 6.29 Å². The maximum atomic E-state index is 13.4. The summed E-state index contributed by atoms with van der Waals surface area (Å²) < 4.78 is 10.7. The lowest BCUT2D eigenvalue weighted by molar-refractivity contribution is -0.384. The number of nitrogens with one attached hydrogen (secondary N) is 1. The maximum absolute atomic E-state index is 13.4. The number of nitrogens with zero attached hydrogens (tertiary/aromatic N) is 1. The van der Waals surface area contributed by atoms with Gasteiger partial charge in [-0.2, -0.15) is 0 Å². The smallest absolute Gasteiger partial charge is 0.336 e. The van der Waals surface area contributed by atoms with E-state index in [4.69, 9.17) is 9.47 Å². The number of thioether (sulfide) groups is 1. The molecule has 0 bridgehead atoms. The third-order valence-electron chi connectivity index (χ3n) is 5.96. The minimum Gasteiger partial charge on any atom is -0.463 e. The molecule has 0 aromatic heterocycles. The number of allylic oxidation sites excluding steroid dienone is 1. The molecule has 1 aliphatic heterocycles. The van der Waals surface area contributed by atoms with Crippen molar-refractivity contribution >= 4 is 35.7 Å². The predicted octanol–water partition coefficient (Wildman–Crippen LogP) is 5.00. The fourth-order valence-corrected chi connectivity index (χ4v) is 5.49. The Hall–Kier alpha value is -3.92. The number of aldehydes is 1. The van der Waals surface area contributed by atoms with Crippen LogP contribution in [0.15, 0.2) is 77.1 Å². The van der Waals surface area contributed by atoms with E-state index in [-0.39, 0.29) is 41.7 Å². The second kappa shape index (κ2) is 13.6. The van der Waals surface area contributed by atoms with E-state index in [1.54, 1.807) is 26.8 Å². The third-order valence-corrected chi connectivity index (χ3v) is 7.28. The Labute approximate surface area is 225 Å². The Morgan fingerprint density at radius 3 is 2.32 bits per heavy atom. The number of nitro groups is 1. The molecule has 0 spiro atoms. The molecule has 0 saturated carbocycles. The molecule has 2 unspecified atom stereocenters. The lowest BCUT2D eigenvalue weighted by atomic mass is 9.80. The highest BCUT2D eigenvalue weighted by Gasteiger charge is 2.39. The SMILES string of the molecule is CCOC(=O)C1=C(C)NC(CSC(CC=O)c2ccccc2)=C(C(=O)OCC)C1c1cccc([N+](=O)[O-])c1. The van der Waals surface area contributed by atoms with Crippen molar-refractivity contribution in [3.8, 4) is 0 Å². The van der Waals surface area contributed by atoms with Crippen LogP contribution in [0, 0.1) is 10.1 Å². The summed E-state index contributed by atoms with van der Waals surface area (Å²) in [6.45, 7) is 5.26. The number of dihydropyridines is 1. The molecule has 0 aliphatic carbocycles. The zero-order valence-electron chi connectivity index (χ0n) is 21.5. The summed E-state index contributed by atoms with van der Waals surface area (Å²) in [5.41, 5.74) is 2.51. The molecular weight excluding hydrogens is 508 g/mol. The van der Waals surface area contributed by atoms with Gasteiger partial charge in [0, 0.05) is 41.0 Å². The van der Waals surface area contributed by atoms with Gasteiger partial charge in [-0.3, -0.25) is 10.1 Å². The first kappa shape index (κ1) is 28.6. The molecule has 0 saturated heterocycles. The number of hydrogen-bond donors (Lipinski definition) is 1. The van der Waals surface area contributed by atoms with E-state index >= 15 is 0 Å². The molecule has 1 aliphatic rings. The predicted molar refractivity (Wildman–Crippen MR) is 144 cm³/mol. The van der Waals surface area contributed by atoms with Crippen LogP contribution < -0.4 is 5.32 Å². The molecule has 2 aromatic rings. The Kier molecular flexibility index (Phi) is 10.2. The zero-order chi connectivity index (χ0) is 27.7. The molecule has 200 valence electrons. The molecular formula is C28H30N2O7S. The molecule has 3 rings (SSSR count). The van der Waals surface area contributed by atoms with Gasteiger partial charge in [0.25, 0.3) is 5.69 Å². The molecule has 1 N–H and O–H groups in total. The lowest BCUT2D eigenvalue weighted by Crippen LogP contribution is -2.34. The molecule has 2 atom stereocenters. The largest absolute Gasteiger partial charge is 0.463 e. The number of esters is 2. The number of ether oxygens (including phenoxy) is 2. The van der Waals surface area contributed by atoms with Crippen LogP contribution in [0.3, 0.4) is 0 Å². The molecule has 2 aromatic carbocycles. The maximum Gasteiger partial charge on any atom is 0.336 e. The van der Waals surface area contributed by atoms with Crippen molar-refractivity contribution in [2.45, 2.75) is 38.4 Å². The van der Waals surface area contributed by atoms with Gasteiger partial charge >= 0.3 is 11.9 Å². The van der Waals surface area contributed by atoms with Crippen molar-refractivity contribution < 1.29 is 28.8 Å². The summed E-state index contributed by atoms with van der Waals surface area (Å²) in [7, 11) is 0. The first-order valence-corrected chi connectivity index (χ1v) is 13.3. The summed E-state index contributed by atoms with van der Waals surface area (Å²) in [5, 5.41) is 14.6. The van der Waals surface area contributed by atoms with E-state index in [1.165, 1.54) is 30.0 Å². The van der Waals surface area contributed by atoms with Crippen LogP contribution in [-0.2, 0) is 23.9 Å². The summed E-state index contributed by atoms with van der Waals surface area (Å²) in [6.07, 6.45) is 1.13. The average molecular weight is 539 g/mol. The quantitative estimate of drug-likeness (QED) is 0.172. The highest BCUT2D eigenvalue weighted by Crippen LogP contribution is 2.42. The van der Waals surface area contributed by atoms with E-state index in [0.29, 0.717) is 22.7 Å². The van der Waals surface area contributed by atoms with Gasteiger partial charge in [-0.05, 0) is 31.9 Å². The number of benzene rings is 2. The van der Waals surface area contributed by atoms with Crippen LogP contribution in [0.4, 0.5) is 5.69 Å². The molecule has 9 nitrogen and oxygen atoms in total. The van der Waals surface area contributed by atoms with Gasteiger partial charge in [-0.1, -0.05) is 42.5 Å². The van der Waals surface area contributed by atoms with Crippen LogP contribution in [0.25, 0.3) is 0 Å². The number of non-ortho nitro benzene ring substituents is 1. The van der Waals surface area contributed by atoms with Gasteiger partial charge in [-0.25, -0.2) is 9.59 Å². The summed E-state index contributed by atoms with van der Waals surface area (Å²) >= 11 is 1.47. The van der Waals surface area contributed by atoms with Crippen LogP contribution >= 0.6 is 11.8 Å². The topological polar surface area (TPSA) is 125 Å². The van der Waals surface area contributed by atoms with Gasteiger partial charge in [0.2, 0.25) is 0 Å². The van der Waals surface area contributed by atoms with Crippen LogP contribution in [-0.4, -0.2) is 42.1 Å². The standard InChI is InChI=1S/C28H30N2O7S/c1-4-36-27(32)24-18(3)29-22(17-38-23(14-15-31)19-10-7-6-8-11-19)26(28(33)37-5-2)25(24)20-12-9-13-21(16-20)30(34)35/h6-13,15-16,23,25,29H,4-5,14,17H2,1-3H3. The van der Waals surface area contributed by atoms with Crippen LogP contribution in [0.1, 0.15) is 49.5 Å². The molecule has 0 fully saturated rings. The zero-order valence-corrected chi connectivity index (χ0v) is 22.3. The number of rotatable bonds is 12. The Balaban J connectivity index is 2.14. The summed E-state index contributed by atoms with van der Waals surface area (Å²) in [4.78, 5) is 48.9. The molecule has 38 heavy (non-hydrogen) atoms. The second-order valence-corrected chi connectivity index (χ2v) is 9.59. The summed E-state index contributed by atoms with van der Waals surface area (Å²) in [5.74, 6) is -1.94. The van der Waals surface area contributed by atoms with Gasteiger partial charge in [-0.15, -0.1) is 11.8 Å². The van der Waals surface area contributed by atoms with Crippen molar-refractivity contribution in [2.24, 2.45) is 0 Å². The average Bonchev–Trinajstić information content (AvgIpc) is 2.91. The van der Waals surface area contributed by atoms with E-state index in [1.807, 2.05) is 30.3 Å². The summed E-state index contributed by atoms with van der Waals surface area (Å²) in [6, 6.07) is 15.4. The number of carbonyl (C=O) groups excluding carboxylic acids is 3. The molecule has 10 heteroatoms. The van der Waals surface area contributed by atoms with Crippen molar-refractivity contribution in [3.63, 3.8) is 0 Å². The minimum absolute atomic E-state index is 0.0969. The number of hydrogen-bond acceptors (Lipinski definition) is 9. The Bertz CT molecular complexity index is 1260. The van der Waals surface area contributed by atoms with Crippen molar-refractivity contribution in [1.82, 2.24) is 5.32 Å². The van der Waals surface area contributed by atoms with E-state index < -0.39 is 22.8 Å². The monoisotopic (exact) mass is 538 g/mol. The first-order valence-electron chi connectivity index (χ1n) is 12.2. The Morgan fingerprint density at radius 2 is 1.71 bits per heavy atom. The fraction of sp³-hybridized carbons (Fsp3) is 0.321. The van der Waals surface area contributed by atoms with Crippen molar-refractivity contribution in [1.29, 1.82) is 0 Å². The number of carbonyl (C=O) groups is 3. The third kappa shape index (κ3) is 6.69. The second-order valence-electron chi connectivity index (χ2n) is 8.39. The van der Waals surface area contributed by atoms with Crippen molar-refractivity contribution in [3.05, 3.63) is 98.4 Å². The van der Waals surface area contributed by atoms with Crippen LogP contribution in [0.5, 0.6) is 0 Å². The minimum atomic E-state index is -0.953. The molecule has 0 radical (unpaired) electrons. The lowest BCUT2D eigenvalue weighted by Gasteiger charge is -2.32. The van der Waals surface area contributed by atoms with E-state index in [9.17, 15) is 24.5 Å².